The highest BCUT2D eigenvalue weighted by Gasteiger charge is 2.27. The Bertz CT molecular complexity index is 1020. The summed E-state index contributed by atoms with van der Waals surface area (Å²) in [7, 11) is 0. The minimum atomic E-state index is -0.377. The fourth-order valence-electron chi connectivity index (χ4n) is 3.31. The molecule has 150 valence electrons. The summed E-state index contributed by atoms with van der Waals surface area (Å²) in [4.78, 5) is 32.8. The highest BCUT2D eigenvalue weighted by atomic mass is 19.1. The van der Waals surface area contributed by atoms with Gasteiger partial charge in [0, 0.05) is 31.7 Å². The number of oxazole rings is 1. The van der Waals surface area contributed by atoms with E-state index in [-0.39, 0.29) is 24.1 Å². The monoisotopic (exact) mass is 397 g/mol. The minimum absolute atomic E-state index is 0.0858. The fourth-order valence-corrected chi connectivity index (χ4v) is 3.31. The molecule has 0 spiro atoms. The summed E-state index contributed by atoms with van der Waals surface area (Å²) in [6.45, 7) is 3.51. The van der Waals surface area contributed by atoms with E-state index in [2.05, 4.69) is 4.98 Å². The lowest BCUT2D eigenvalue weighted by Gasteiger charge is -2.34. The zero-order valence-electron chi connectivity index (χ0n) is 15.9. The van der Waals surface area contributed by atoms with Crippen molar-refractivity contribution in [3.8, 4) is 11.5 Å². The molecule has 3 aromatic rings. The lowest BCUT2D eigenvalue weighted by Crippen LogP contribution is -2.51. The van der Waals surface area contributed by atoms with Crippen molar-refractivity contribution in [2.45, 2.75) is 13.3 Å². The summed E-state index contributed by atoms with van der Waals surface area (Å²) in [5.74, 6) is 0.486. The summed E-state index contributed by atoms with van der Waals surface area (Å²) >= 11 is 0. The molecule has 1 fully saturated rings. The topological polar surface area (TPSA) is 79.8 Å². The quantitative estimate of drug-likeness (QED) is 0.676. The first-order valence-electron chi connectivity index (χ1n) is 9.34. The van der Waals surface area contributed by atoms with Gasteiger partial charge in [-0.2, -0.15) is 0 Å². The molecule has 0 aliphatic carbocycles. The summed E-state index contributed by atoms with van der Waals surface area (Å²) in [5.41, 5.74) is 1.06. The largest absolute Gasteiger partial charge is 0.459 e. The van der Waals surface area contributed by atoms with Gasteiger partial charge in [-0.25, -0.2) is 9.37 Å². The third-order valence-electron chi connectivity index (χ3n) is 4.93. The first kappa shape index (κ1) is 18.9. The van der Waals surface area contributed by atoms with Gasteiger partial charge in [-0.15, -0.1) is 0 Å². The van der Waals surface area contributed by atoms with Crippen LogP contribution in [0.1, 0.15) is 22.0 Å². The van der Waals surface area contributed by atoms with Crippen molar-refractivity contribution < 1.29 is 22.8 Å². The Labute approximate surface area is 166 Å². The van der Waals surface area contributed by atoms with Crippen molar-refractivity contribution in [1.82, 2.24) is 14.8 Å². The van der Waals surface area contributed by atoms with Crippen molar-refractivity contribution in [3.05, 3.63) is 65.7 Å². The summed E-state index contributed by atoms with van der Waals surface area (Å²) in [6.07, 6.45) is 1.56. The fraction of sp³-hybridized carbons (Fsp3) is 0.286. The molecular formula is C21H20FN3O4. The van der Waals surface area contributed by atoms with E-state index in [4.69, 9.17) is 8.83 Å². The molecule has 3 heterocycles. The van der Waals surface area contributed by atoms with Gasteiger partial charge in [0.1, 0.15) is 11.6 Å². The van der Waals surface area contributed by atoms with Gasteiger partial charge in [-0.1, -0.05) is 6.07 Å². The van der Waals surface area contributed by atoms with Crippen LogP contribution in [-0.2, 0) is 11.2 Å². The molecule has 29 heavy (non-hydrogen) atoms. The number of aryl methyl sites for hydroxylation is 1. The Balaban J connectivity index is 1.37. The van der Waals surface area contributed by atoms with Crippen molar-refractivity contribution in [2.24, 2.45) is 0 Å². The maximum Gasteiger partial charge on any atom is 0.289 e. The summed E-state index contributed by atoms with van der Waals surface area (Å²) in [5, 5.41) is 0. The van der Waals surface area contributed by atoms with Crippen LogP contribution in [0.3, 0.4) is 0 Å². The second-order valence-electron chi connectivity index (χ2n) is 6.86. The molecule has 0 bridgehead atoms. The number of amides is 2. The van der Waals surface area contributed by atoms with Crippen molar-refractivity contribution >= 4 is 11.8 Å². The Morgan fingerprint density at radius 1 is 1.10 bits per heavy atom. The van der Waals surface area contributed by atoms with Crippen LogP contribution in [-0.4, -0.2) is 52.8 Å². The van der Waals surface area contributed by atoms with E-state index in [1.165, 1.54) is 18.4 Å². The normalized spacial score (nSPS) is 14.3. The molecule has 0 N–H and O–H groups in total. The predicted octanol–water partition coefficient (Wildman–Crippen LogP) is 2.91. The number of nitrogens with zero attached hydrogens (tertiary/aromatic N) is 3. The van der Waals surface area contributed by atoms with Crippen LogP contribution in [0, 0.1) is 12.7 Å². The number of furan rings is 1. The van der Waals surface area contributed by atoms with Gasteiger partial charge < -0.3 is 18.6 Å². The van der Waals surface area contributed by atoms with E-state index in [1.807, 2.05) is 0 Å². The lowest BCUT2D eigenvalue weighted by molar-refractivity contribution is -0.132. The van der Waals surface area contributed by atoms with Crippen LogP contribution in [0.4, 0.5) is 4.39 Å². The smallest absolute Gasteiger partial charge is 0.289 e. The zero-order valence-corrected chi connectivity index (χ0v) is 15.9. The summed E-state index contributed by atoms with van der Waals surface area (Å²) < 4.78 is 24.2. The molecule has 4 rings (SSSR count). The number of benzene rings is 1. The molecule has 1 aliphatic heterocycles. The van der Waals surface area contributed by atoms with E-state index >= 15 is 0 Å². The Morgan fingerprint density at radius 2 is 1.86 bits per heavy atom. The third kappa shape index (κ3) is 4.06. The Kier molecular flexibility index (Phi) is 5.16. The number of hydrogen-bond donors (Lipinski definition) is 0. The molecule has 7 nitrogen and oxygen atoms in total. The second kappa shape index (κ2) is 7.90. The van der Waals surface area contributed by atoms with Gasteiger partial charge in [0.25, 0.3) is 5.91 Å². The molecule has 0 unspecified atom stereocenters. The van der Waals surface area contributed by atoms with E-state index < -0.39 is 0 Å². The Hall–Kier alpha value is -3.42. The number of rotatable bonds is 4. The van der Waals surface area contributed by atoms with Crippen LogP contribution in [0.5, 0.6) is 0 Å². The van der Waals surface area contributed by atoms with Gasteiger partial charge in [-0.3, -0.25) is 9.59 Å². The van der Waals surface area contributed by atoms with E-state index in [9.17, 15) is 14.0 Å². The number of halogens is 1. The van der Waals surface area contributed by atoms with Crippen molar-refractivity contribution in [3.63, 3.8) is 0 Å². The highest BCUT2D eigenvalue weighted by molar-refractivity contribution is 5.91. The standard InChI is InChI=1S/C21H20FN3O4/c1-14-17(23-20(29-14)15-4-2-5-16(22)12-15)13-19(26)24-7-9-25(10-8-24)21(27)18-6-3-11-28-18/h2-6,11-12H,7-10,13H2,1H3. The SMILES string of the molecule is Cc1oc(-c2cccc(F)c2)nc1CC(=O)N1CCN(C(=O)c2ccco2)CC1. The number of carbonyl (C=O) groups is 2. The molecule has 8 heteroatoms. The third-order valence-corrected chi connectivity index (χ3v) is 4.93. The minimum Gasteiger partial charge on any atom is -0.459 e. The average molecular weight is 397 g/mol. The van der Waals surface area contributed by atoms with Crippen LogP contribution in [0.2, 0.25) is 0 Å². The van der Waals surface area contributed by atoms with Gasteiger partial charge >= 0.3 is 0 Å². The molecule has 2 amide bonds. The average Bonchev–Trinajstić information content (AvgIpc) is 3.38. The van der Waals surface area contributed by atoms with E-state index in [0.717, 1.165) is 0 Å². The first-order valence-corrected chi connectivity index (χ1v) is 9.34. The molecule has 0 radical (unpaired) electrons. The van der Waals surface area contributed by atoms with Gasteiger partial charge in [0.05, 0.1) is 18.4 Å². The van der Waals surface area contributed by atoms with Crippen molar-refractivity contribution in [1.29, 1.82) is 0 Å². The predicted molar refractivity (Wildman–Crippen MR) is 102 cm³/mol. The second-order valence-corrected chi connectivity index (χ2v) is 6.86. The van der Waals surface area contributed by atoms with Gasteiger partial charge in [-0.05, 0) is 37.3 Å². The van der Waals surface area contributed by atoms with Gasteiger partial charge in [0.2, 0.25) is 11.8 Å². The van der Waals surface area contributed by atoms with Crippen LogP contribution < -0.4 is 0 Å². The lowest BCUT2D eigenvalue weighted by atomic mass is 10.2. The molecular weight excluding hydrogens is 377 g/mol. The summed E-state index contributed by atoms with van der Waals surface area (Å²) in [6, 6.07) is 9.27. The zero-order chi connectivity index (χ0) is 20.4. The van der Waals surface area contributed by atoms with Crippen LogP contribution in [0.25, 0.3) is 11.5 Å². The number of piperazine rings is 1. The molecule has 1 aliphatic rings. The number of hydrogen-bond acceptors (Lipinski definition) is 5. The van der Waals surface area contributed by atoms with Crippen molar-refractivity contribution in [2.75, 3.05) is 26.2 Å². The molecule has 0 atom stereocenters. The Morgan fingerprint density at radius 3 is 2.55 bits per heavy atom. The molecule has 0 saturated carbocycles. The molecule has 1 aromatic carbocycles. The maximum absolute atomic E-state index is 13.4. The maximum atomic E-state index is 13.4. The van der Waals surface area contributed by atoms with E-state index in [0.29, 0.717) is 54.8 Å². The van der Waals surface area contributed by atoms with E-state index in [1.54, 1.807) is 41.0 Å². The first-order chi connectivity index (χ1) is 14.0. The highest BCUT2D eigenvalue weighted by Crippen LogP contribution is 2.23. The molecule has 2 aromatic heterocycles. The molecule has 1 saturated heterocycles. The van der Waals surface area contributed by atoms with Crippen LogP contribution >= 0.6 is 0 Å². The van der Waals surface area contributed by atoms with Gasteiger partial charge in [0.15, 0.2) is 5.76 Å². The number of aromatic nitrogens is 1. The number of carbonyl (C=O) groups excluding carboxylic acids is 2. The van der Waals surface area contributed by atoms with Crippen LogP contribution in [0.15, 0.2) is 51.5 Å².